The van der Waals surface area contributed by atoms with Crippen LogP contribution in [-0.4, -0.2) is 42.4 Å². The van der Waals surface area contributed by atoms with E-state index in [9.17, 15) is 19.3 Å². The van der Waals surface area contributed by atoms with Crippen molar-refractivity contribution >= 4 is 17.3 Å². The quantitative estimate of drug-likeness (QED) is 0.622. The van der Waals surface area contributed by atoms with Gasteiger partial charge in [-0.3, -0.25) is 14.9 Å². The molecule has 0 amide bonds. The van der Waals surface area contributed by atoms with E-state index in [-0.39, 0.29) is 24.7 Å². The summed E-state index contributed by atoms with van der Waals surface area (Å²) in [6, 6.07) is 1.22. The molecule has 0 bridgehead atoms. The van der Waals surface area contributed by atoms with Gasteiger partial charge in [-0.05, 0) is 0 Å². The highest BCUT2D eigenvalue weighted by atomic mass is 19.1. The molecule has 0 spiro atoms. The fourth-order valence-electron chi connectivity index (χ4n) is 2.11. The van der Waals surface area contributed by atoms with Crippen molar-refractivity contribution in [1.82, 2.24) is 0 Å². The lowest BCUT2D eigenvalue weighted by molar-refractivity contribution is -0.384. The molecular formula is C12H13FN2O6. The molecule has 2 unspecified atom stereocenters. The number of aliphatic carboxylic acids is 1. The SMILES string of the molecule is COc1cc(NC2COCC2C(=O)O)c([N+](=O)[O-])cc1F. The molecule has 114 valence electrons. The molecule has 1 aliphatic rings. The summed E-state index contributed by atoms with van der Waals surface area (Å²) in [4.78, 5) is 21.3. The van der Waals surface area contributed by atoms with Gasteiger partial charge in [0, 0.05) is 6.07 Å². The first-order chi connectivity index (χ1) is 9.93. The number of nitro benzene ring substituents is 1. The Morgan fingerprint density at radius 2 is 2.29 bits per heavy atom. The third-order valence-electron chi connectivity index (χ3n) is 3.21. The number of carboxylic acid groups (broad SMARTS) is 1. The topological polar surface area (TPSA) is 111 Å². The minimum absolute atomic E-state index is 0.0130. The smallest absolute Gasteiger partial charge is 0.311 e. The molecule has 21 heavy (non-hydrogen) atoms. The van der Waals surface area contributed by atoms with Crippen LogP contribution in [0.1, 0.15) is 0 Å². The summed E-state index contributed by atoms with van der Waals surface area (Å²) >= 11 is 0. The van der Waals surface area contributed by atoms with Crippen molar-refractivity contribution in [3.05, 3.63) is 28.1 Å². The van der Waals surface area contributed by atoms with Crippen LogP contribution in [0.3, 0.4) is 0 Å². The molecule has 0 saturated carbocycles. The maximum Gasteiger partial charge on any atom is 0.311 e. The number of anilines is 1. The van der Waals surface area contributed by atoms with Crippen molar-refractivity contribution in [2.45, 2.75) is 6.04 Å². The van der Waals surface area contributed by atoms with Gasteiger partial charge in [0.1, 0.15) is 11.6 Å². The summed E-state index contributed by atoms with van der Waals surface area (Å²) in [5, 5.41) is 22.7. The van der Waals surface area contributed by atoms with Crippen LogP contribution < -0.4 is 10.1 Å². The standard InChI is InChI=1S/C12H13FN2O6/c1-20-11-3-8(10(15(18)19)2-7(11)13)14-9-5-21-4-6(9)12(16)17/h2-3,6,9,14H,4-5H2,1H3,(H,16,17). The number of carbonyl (C=O) groups is 1. The first-order valence-electron chi connectivity index (χ1n) is 6.03. The number of methoxy groups -OCH3 is 1. The predicted molar refractivity (Wildman–Crippen MR) is 69.0 cm³/mol. The number of nitro groups is 1. The largest absolute Gasteiger partial charge is 0.494 e. The lowest BCUT2D eigenvalue weighted by Crippen LogP contribution is -2.33. The number of rotatable bonds is 5. The van der Waals surface area contributed by atoms with Crippen LogP contribution in [-0.2, 0) is 9.53 Å². The lowest BCUT2D eigenvalue weighted by Gasteiger charge is -2.17. The summed E-state index contributed by atoms with van der Waals surface area (Å²) in [7, 11) is 1.23. The molecule has 9 heteroatoms. The Labute approximate surface area is 118 Å². The Morgan fingerprint density at radius 1 is 1.57 bits per heavy atom. The molecule has 2 atom stereocenters. The molecule has 0 aliphatic carbocycles. The molecule has 1 aromatic carbocycles. The van der Waals surface area contributed by atoms with Crippen LogP contribution >= 0.6 is 0 Å². The highest BCUT2D eigenvalue weighted by molar-refractivity contribution is 5.73. The van der Waals surface area contributed by atoms with E-state index < -0.39 is 34.4 Å². The number of hydrogen-bond donors (Lipinski definition) is 2. The van der Waals surface area contributed by atoms with Crippen molar-refractivity contribution in [2.75, 3.05) is 25.6 Å². The Bertz CT molecular complexity index is 579. The molecule has 8 nitrogen and oxygen atoms in total. The highest BCUT2D eigenvalue weighted by Crippen LogP contribution is 2.33. The summed E-state index contributed by atoms with van der Waals surface area (Å²) in [6.45, 7) is 0.104. The first-order valence-corrected chi connectivity index (χ1v) is 6.03. The van der Waals surface area contributed by atoms with E-state index in [1.54, 1.807) is 0 Å². The fraction of sp³-hybridized carbons (Fsp3) is 0.417. The minimum Gasteiger partial charge on any atom is -0.494 e. The van der Waals surface area contributed by atoms with Gasteiger partial charge in [0.05, 0.1) is 37.4 Å². The third kappa shape index (κ3) is 3.02. The molecular weight excluding hydrogens is 287 g/mol. The maximum absolute atomic E-state index is 13.5. The van der Waals surface area contributed by atoms with Gasteiger partial charge in [-0.2, -0.15) is 0 Å². The zero-order valence-corrected chi connectivity index (χ0v) is 11.0. The zero-order chi connectivity index (χ0) is 15.6. The second-order valence-electron chi connectivity index (χ2n) is 4.49. The number of nitrogens with one attached hydrogen (secondary N) is 1. The molecule has 2 rings (SSSR count). The second kappa shape index (κ2) is 5.92. The monoisotopic (exact) mass is 300 g/mol. The number of halogens is 1. The molecule has 0 radical (unpaired) electrons. The van der Waals surface area contributed by atoms with Crippen LogP contribution in [0, 0.1) is 21.8 Å². The number of ether oxygens (including phenoxy) is 2. The van der Waals surface area contributed by atoms with E-state index in [1.165, 1.54) is 7.11 Å². The van der Waals surface area contributed by atoms with Crippen LogP contribution in [0.2, 0.25) is 0 Å². The maximum atomic E-state index is 13.5. The number of hydrogen-bond acceptors (Lipinski definition) is 6. The average molecular weight is 300 g/mol. The van der Waals surface area contributed by atoms with Gasteiger partial charge >= 0.3 is 5.97 Å². The van der Waals surface area contributed by atoms with Crippen LogP contribution in [0.4, 0.5) is 15.8 Å². The summed E-state index contributed by atoms with van der Waals surface area (Å²) in [5.41, 5.74) is -0.510. The van der Waals surface area contributed by atoms with Crippen molar-refractivity contribution in [3.8, 4) is 5.75 Å². The minimum atomic E-state index is -1.07. The van der Waals surface area contributed by atoms with Gasteiger partial charge in [-0.15, -0.1) is 0 Å². The van der Waals surface area contributed by atoms with E-state index in [1.807, 2.05) is 0 Å². The van der Waals surface area contributed by atoms with Crippen LogP contribution in [0.5, 0.6) is 5.75 Å². The number of benzene rings is 1. The highest BCUT2D eigenvalue weighted by Gasteiger charge is 2.35. The molecule has 1 aliphatic heterocycles. The van der Waals surface area contributed by atoms with E-state index >= 15 is 0 Å². The van der Waals surface area contributed by atoms with Crippen molar-refractivity contribution in [3.63, 3.8) is 0 Å². The molecule has 1 fully saturated rings. The van der Waals surface area contributed by atoms with Crippen molar-refractivity contribution in [1.29, 1.82) is 0 Å². The van der Waals surface area contributed by atoms with Crippen LogP contribution in [0.25, 0.3) is 0 Å². The summed E-state index contributed by atoms with van der Waals surface area (Å²) in [6.07, 6.45) is 0. The average Bonchev–Trinajstić information content (AvgIpc) is 2.88. The predicted octanol–water partition coefficient (Wildman–Crippen LogP) is 1.25. The van der Waals surface area contributed by atoms with Crippen molar-refractivity contribution in [2.24, 2.45) is 5.92 Å². The van der Waals surface area contributed by atoms with Gasteiger partial charge < -0.3 is 19.9 Å². The molecule has 1 heterocycles. The van der Waals surface area contributed by atoms with Crippen LogP contribution in [0.15, 0.2) is 12.1 Å². The van der Waals surface area contributed by atoms with E-state index in [2.05, 4.69) is 5.32 Å². The van der Waals surface area contributed by atoms with Crippen molar-refractivity contribution < 1.29 is 28.7 Å². The first kappa shape index (κ1) is 15.0. The molecule has 1 aromatic rings. The molecule has 1 saturated heterocycles. The van der Waals surface area contributed by atoms with Gasteiger partial charge in [-0.25, -0.2) is 4.39 Å². The number of carboxylic acids is 1. The number of nitrogens with zero attached hydrogens (tertiary/aromatic N) is 1. The van der Waals surface area contributed by atoms with E-state index in [0.717, 1.165) is 12.1 Å². The zero-order valence-electron chi connectivity index (χ0n) is 11.0. The van der Waals surface area contributed by atoms with Gasteiger partial charge in [0.15, 0.2) is 11.6 Å². The van der Waals surface area contributed by atoms with Gasteiger partial charge in [0.2, 0.25) is 0 Å². The third-order valence-corrected chi connectivity index (χ3v) is 3.21. The van der Waals surface area contributed by atoms with E-state index in [4.69, 9.17) is 14.6 Å². The Balaban J connectivity index is 2.34. The van der Waals surface area contributed by atoms with E-state index in [0.29, 0.717) is 0 Å². The van der Waals surface area contributed by atoms with Gasteiger partial charge in [0.25, 0.3) is 5.69 Å². The Morgan fingerprint density at radius 3 is 2.86 bits per heavy atom. The summed E-state index contributed by atoms with van der Waals surface area (Å²) < 4.78 is 23.4. The lowest BCUT2D eigenvalue weighted by atomic mass is 10.0. The fourth-order valence-corrected chi connectivity index (χ4v) is 2.11. The van der Waals surface area contributed by atoms with Gasteiger partial charge in [-0.1, -0.05) is 0 Å². The molecule has 0 aromatic heterocycles. The second-order valence-corrected chi connectivity index (χ2v) is 4.49. The Hall–Kier alpha value is -2.42. The Kier molecular flexibility index (Phi) is 4.22. The summed E-state index contributed by atoms with van der Waals surface area (Å²) in [5.74, 6) is -2.94. The molecule has 2 N–H and O–H groups in total. The normalized spacial score (nSPS) is 21.0.